The molecule has 0 atom stereocenters. The average molecular weight is 233 g/mol. The predicted molar refractivity (Wildman–Crippen MR) is 73.0 cm³/mol. The molecule has 0 saturated heterocycles. The molecule has 1 aromatic rings. The summed E-state index contributed by atoms with van der Waals surface area (Å²) < 4.78 is 5.78. The van der Waals surface area contributed by atoms with E-state index in [0.717, 1.165) is 11.4 Å². The van der Waals surface area contributed by atoms with E-state index < -0.39 is 0 Å². The summed E-state index contributed by atoms with van der Waals surface area (Å²) in [6.45, 7) is 14.1. The predicted octanol–water partition coefficient (Wildman–Crippen LogP) is 4.04. The Morgan fingerprint density at radius 3 is 2.18 bits per heavy atom. The van der Waals surface area contributed by atoms with Crippen LogP contribution in [0.5, 0.6) is 5.75 Å². The van der Waals surface area contributed by atoms with Gasteiger partial charge in [-0.15, -0.1) is 0 Å². The van der Waals surface area contributed by atoms with Crippen molar-refractivity contribution in [2.75, 3.05) is 12.0 Å². The Morgan fingerprint density at radius 2 is 1.65 bits per heavy atom. The highest BCUT2D eigenvalue weighted by Crippen LogP contribution is 2.45. The molecule has 2 heteroatoms. The molecule has 0 aliphatic carbocycles. The molecule has 0 aromatic heterocycles. The van der Waals surface area contributed by atoms with Crippen LogP contribution < -0.4 is 10.1 Å². The lowest BCUT2D eigenvalue weighted by atomic mass is 9.74. The summed E-state index contributed by atoms with van der Waals surface area (Å²) in [5.74, 6) is 1.05. The van der Waals surface area contributed by atoms with Gasteiger partial charge in [0.2, 0.25) is 0 Å². The van der Waals surface area contributed by atoms with Crippen molar-refractivity contribution in [2.45, 2.75) is 52.4 Å². The smallest absolute Gasteiger partial charge is 0.159 e. The van der Waals surface area contributed by atoms with E-state index in [-0.39, 0.29) is 10.8 Å². The zero-order valence-electron chi connectivity index (χ0n) is 11.8. The van der Waals surface area contributed by atoms with Crippen LogP contribution in [0.1, 0.15) is 52.7 Å². The molecule has 17 heavy (non-hydrogen) atoms. The molecule has 1 heterocycles. The largest absolute Gasteiger partial charge is 0.471 e. The minimum absolute atomic E-state index is 0.0972. The molecule has 1 aromatic carbocycles. The van der Waals surface area contributed by atoms with E-state index in [2.05, 4.69) is 59.0 Å². The van der Waals surface area contributed by atoms with E-state index in [1.54, 1.807) is 0 Å². The van der Waals surface area contributed by atoms with Crippen LogP contribution in [0.4, 0.5) is 5.69 Å². The second-order valence-electron chi connectivity index (χ2n) is 6.83. The Morgan fingerprint density at radius 1 is 1.00 bits per heavy atom. The molecule has 0 amide bonds. The zero-order chi connectivity index (χ0) is 12.8. The summed E-state index contributed by atoms with van der Waals surface area (Å²) in [6, 6.07) is 4.37. The number of anilines is 1. The van der Waals surface area contributed by atoms with Gasteiger partial charge in [-0.05, 0) is 22.5 Å². The van der Waals surface area contributed by atoms with Crippen molar-refractivity contribution in [3.63, 3.8) is 0 Å². The number of hydrogen-bond donors (Lipinski definition) is 1. The van der Waals surface area contributed by atoms with Crippen molar-refractivity contribution in [1.29, 1.82) is 0 Å². The van der Waals surface area contributed by atoms with E-state index >= 15 is 0 Å². The van der Waals surface area contributed by atoms with Crippen LogP contribution in [0.2, 0.25) is 0 Å². The van der Waals surface area contributed by atoms with Gasteiger partial charge in [-0.1, -0.05) is 47.6 Å². The first-order chi connectivity index (χ1) is 7.71. The molecule has 0 spiro atoms. The molecule has 2 rings (SSSR count). The zero-order valence-corrected chi connectivity index (χ0v) is 11.8. The van der Waals surface area contributed by atoms with Gasteiger partial charge in [0.05, 0.1) is 5.69 Å². The molecule has 2 nitrogen and oxygen atoms in total. The van der Waals surface area contributed by atoms with Crippen LogP contribution in [0.3, 0.4) is 0 Å². The van der Waals surface area contributed by atoms with Gasteiger partial charge in [0.25, 0.3) is 0 Å². The van der Waals surface area contributed by atoms with Crippen molar-refractivity contribution in [3.05, 3.63) is 23.3 Å². The summed E-state index contributed by atoms with van der Waals surface area (Å²) in [5, 5.41) is 3.27. The van der Waals surface area contributed by atoms with E-state index in [1.165, 1.54) is 11.1 Å². The maximum absolute atomic E-state index is 5.78. The normalized spacial score (nSPS) is 15.2. The highest BCUT2D eigenvalue weighted by atomic mass is 16.5. The number of benzene rings is 1. The molecule has 0 radical (unpaired) electrons. The molecule has 0 fully saturated rings. The molecule has 0 unspecified atom stereocenters. The maximum Gasteiger partial charge on any atom is 0.159 e. The van der Waals surface area contributed by atoms with Gasteiger partial charge in [-0.25, -0.2) is 0 Å². The summed E-state index contributed by atoms with van der Waals surface area (Å²) in [7, 11) is 0. The summed E-state index contributed by atoms with van der Waals surface area (Å²) >= 11 is 0. The molecular weight excluding hydrogens is 210 g/mol. The van der Waals surface area contributed by atoms with Crippen molar-refractivity contribution in [3.8, 4) is 5.75 Å². The second kappa shape index (κ2) is 3.66. The van der Waals surface area contributed by atoms with Gasteiger partial charge >= 0.3 is 0 Å². The van der Waals surface area contributed by atoms with Crippen LogP contribution in [0, 0.1) is 0 Å². The van der Waals surface area contributed by atoms with Crippen LogP contribution in [-0.2, 0) is 10.8 Å². The van der Waals surface area contributed by atoms with Crippen molar-refractivity contribution in [2.24, 2.45) is 0 Å². The van der Waals surface area contributed by atoms with Gasteiger partial charge in [0.15, 0.2) is 6.73 Å². The average Bonchev–Trinajstić information content (AvgIpc) is 2.59. The Hall–Kier alpha value is -1.18. The first-order valence-corrected chi connectivity index (χ1v) is 6.26. The molecule has 1 aliphatic rings. The van der Waals surface area contributed by atoms with Crippen molar-refractivity contribution >= 4 is 5.69 Å². The van der Waals surface area contributed by atoms with E-state index in [9.17, 15) is 0 Å². The maximum atomic E-state index is 5.78. The number of nitrogens with one attached hydrogen (secondary N) is 1. The van der Waals surface area contributed by atoms with E-state index in [0.29, 0.717) is 6.73 Å². The fourth-order valence-electron chi connectivity index (χ4n) is 2.43. The molecular formula is C15H23NO. The third-order valence-electron chi connectivity index (χ3n) is 3.19. The van der Waals surface area contributed by atoms with Crippen LogP contribution in [-0.4, -0.2) is 6.73 Å². The van der Waals surface area contributed by atoms with Gasteiger partial charge in [-0.2, -0.15) is 0 Å². The quantitative estimate of drug-likeness (QED) is 0.730. The first kappa shape index (κ1) is 12.3. The summed E-state index contributed by atoms with van der Waals surface area (Å²) in [5.41, 5.74) is 4.09. The van der Waals surface area contributed by atoms with E-state index in [4.69, 9.17) is 4.74 Å². The SMILES string of the molecule is CC(C)(C)c1ccc2c(c1C(C)(C)C)OCN2. The molecule has 94 valence electrons. The monoisotopic (exact) mass is 233 g/mol. The fourth-order valence-corrected chi connectivity index (χ4v) is 2.43. The lowest BCUT2D eigenvalue weighted by molar-refractivity contribution is 0.358. The highest BCUT2D eigenvalue weighted by molar-refractivity contribution is 5.67. The highest BCUT2D eigenvalue weighted by Gasteiger charge is 2.31. The van der Waals surface area contributed by atoms with Gasteiger partial charge in [-0.3, -0.25) is 0 Å². The topological polar surface area (TPSA) is 21.3 Å². The Balaban J connectivity index is 2.70. The van der Waals surface area contributed by atoms with Crippen LogP contribution in [0.15, 0.2) is 12.1 Å². The second-order valence-corrected chi connectivity index (χ2v) is 6.83. The number of rotatable bonds is 0. The summed E-state index contributed by atoms with van der Waals surface area (Å²) in [6.07, 6.45) is 0. The minimum atomic E-state index is 0.0972. The van der Waals surface area contributed by atoms with Gasteiger partial charge in [0, 0.05) is 5.56 Å². The first-order valence-electron chi connectivity index (χ1n) is 6.26. The Labute approximate surface area is 104 Å². The third kappa shape index (κ3) is 2.13. The molecule has 0 bridgehead atoms. The number of fused-ring (bicyclic) bond motifs is 1. The lowest BCUT2D eigenvalue weighted by Gasteiger charge is -2.31. The van der Waals surface area contributed by atoms with Crippen molar-refractivity contribution in [1.82, 2.24) is 0 Å². The Kier molecular flexibility index (Phi) is 2.64. The van der Waals surface area contributed by atoms with Gasteiger partial charge < -0.3 is 10.1 Å². The molecule has 1 N–H and O–H groups in total. The minimum Gasteiger partial charge on any atom is -0.471 e. The number of ether oxygens (including phenoxy) is 1. The summed E-state index contributed by atoms with van der Waals surface area (Å²) in [4.78, 5) is 0. The van der Waals surface area contributed by atoms with Crippen LogP contribution in [0.25, 0.3) is 0 Å². The lowest BCUT2D eigenvalue weighted by Crippen LogP contribution is -2.22. The molecule has 0 saturated carbocycles. The Bertz CT molecular complexity index is 435. The third-order valence-corrected chi connectivity index (χ3v) is 3.19. The fraction of sp³-hybridized carbons (Fsp3) is 0.600. The van der Waals surface area contributed by atoms with Crippen molar-refractivity contribution < 1.29 is 4.74 Å². The van der Waals surface area contributed by atoms with Gasteiger partial charge in [0.1, 0.15) is 5.75 Å². The standard InChI is InChI=1S/C15H23NO/c1-14(2,3)10-7-8-11-13(17-9-16-11)12(10)15(4,5)6/h7-8,16H,9H2,1-6H3. The number of hydrogen-bond acceptors (Lipinski definition) is 2. The van der Waals surface area contributed by atoms with E-state index in [1.807, 2.05) is 0 Å². The molecule has 1 aliphatic heterocycles. The van der Waals surface area contributed by atoms with Crippen LogP contribution >= 0.6 is 0 Å².